The van der Waals surface area contributed by atoms with Gasteiger partial charge in [-0.2, -0.15) is 11.8 Å². The first-order valence-corrected chi connectivity index (χ1v) is 11.3. The van der Waals surface area contributed by atoms with E-state index in [0.29, 0.717) is 11.3 Å². The smallest absolute Gasteiger partial charge is 0.326 e. The van der Waals surface area contributed by atoms with Crippen molar-refractivity contribution in [3.63, 3.8) is 0 Å². The normalized spacial score (nSPS) is 13.3. The highest BCUT2D eigenvalue weighted by Crippen LogP contribution is 2.12. The van der Waals surface area contributed by atoms with Crippen LogP contribution in [0, 0.1) is 0 Å². The number of thioether (sulfide) groups is 1. The average molecular weight is 484 g/mol. The van der Waals surface area contributed by atoms with Gasteiger partial charge in [-0.1, -0.05) is 12.1 Å². The highest BCUT2D eigenvalue weighted by molar-refractivity contribution is 7.98. The molecule has 1 aromatic rings. The fraction of sp³-hybridized carbons (Fsp3) is 0.450. The molecule has 0 fully saturated rings. The van der Waals surface area contributed by atoms with Crippen LogP contribution in [0.25, 0.3) is 0 Å². The van der Waals surface area contributed by atoms with Crippen molar-refractivity contribution in [2.45, 2.75) is 37.4 Å². The largest absolute Gasteiger partial charge is 0.508 e. The van der Waals surface area contributed by atoms with E-state index in [0.717, 1.165) is 0 Å². The number of benzene rings is 1. The SMILES string of the molecule is CSCCC(NC(=O)CN)C(=O)NC(CC(N)=O)C(=O)NC(Cc1ccc(O)cc1)C(=O)O. The topological polar surface area (TPSA) is 214 Å². The second-order valence-corrected chi connectivity index (χ2v) is 8.09. The molecule has 4 amide bonds. The van der Waals surface area contributed by atoms with Crippen molar-refractivity contribution in [1.82, 2.24) is 16.0 Å². The first-order chi connectivity index (χ1) is 15.6. The van der Waals surface area contributed by atoms with Crippen LogP contribution in [0.2, 0.25) is 0 Å². The van der Waals surface area contributed by atoms with Gasteiger partial charge in [0.2, 0.25) is 23.6 Å². The molecule has 0 aliphatic heterocycles. The highest BCUT2D eigenvalue weighted by atomic mass is 32.2. The lowest BCUT2D eigenvalue weighted by atomic mass is 10.0. The molecule has 0 spiro atoms. The molecule has 1 rings (SSSR count). The number of carbonyl (C=O) groups excluding carboxylic acids is 4. The van der Waals surface area contributed by atoms with Crippen molar-refractivity contribution >= 4 is 41.4 Å². The third kappa shape index (κ3) is 10.2. The predicted octanol–water partition coefficient (Wildman–Crippen LogP) is -1.94. The molecule has 12 nitrogen and oxygen atoms in total. The van der Waals surface area contributed by atoms with Crippen LogP contribution < -0.4 is 27.4 Å². The number of nitrogens with two attached hydrogens (primary N) is 2. The number of phenols is 1. The van der Waals surface area contributed by atoms with Crippen molar-refractivity contribution < 1.29 is 34.2 Å². The summed E-state index contributed by atoms with van der Waals surface area (Å²) in [5, 5.41) is 25.9. The number of amides is 4. The molecule has 0 radical (unpaired) electrons. The maximum absolute atomic E-state index is 12.7. The van der Waals surface area contributed by atoms with E-state index in [9.17, 15) is 34.2 Å². The lowest BCUT2D eigenvalue weighted by molar-refractivity contribution is -0.142. The Morgan fingerprint density at radius 3 is 2.06 bits per heavy atom. The Balaban J connectivity index is 2.96. The Morgan fingerprint density at radius 1 is 0.970 bits per heavy atom. The second-order valence-electron chi connectivity index (χ2n) is 7.11. The van der Waals surface area contributed by atoms with Crippen molar-refractivity contribution in [1.29, 1.82) is 0 Å². The number of aliphatic carboxylic acids is 1. The molecule has 9 N–H and O–H groups in total. The number of rotatable bonds is 14. The third-order valence-corrected chi connectivity index (χ3v) is 5.12. The first kappa shape index (κ1) is 27.7. The van der Waals surface area contributed by atoms with Crippen LogP contribution in [0.1, 0.15) is 18.4 Å². The molecule has 1 aromatic carbocycles. The molecular weight excluding hydrogens is 454 g/mol. The van der Waals surface area contributed by atoms with Gasteiger partial charge in [-0.25, -0.2) is 4.79 Å². The second kappa shape index (κ2) is 14.0. The standard InChI is InChI=1S/C20H29N5O7S/c1-33-7-6-13(23-17(28)10-21)18(29)24-14(9-16(22)27)19(30)25-15(20(31)32)8-11-2-4-12(26)5-3-11/h2-5,13-15,26H,6-10,21H2,1H3,(H2,22,27)(H,23,28)(H,24,29)(H,25,30)(H,31,32). The maximum atomic E-state index is 12.7. The van der Waals surface area contributed by atoms with E-state index in [4.69, 9.17) is 11.5 Å². The molecule has 0 aliphatic carbocycles. The molecule has 3 atom stereocenters. The van der Waals surface area contributed by atoms with E-state index < -0.39 is 54.1 Å². The van der Waals surface area contributed by atoms with Crippen LogP contribution in [0.3, 0.4) is 0 Å². The fourth-order valence-corrected chi connectivity index (χ4v) is 3.25. The Kier molecular flexibility index (Phi) is 11.7. The summed E-state index contributed by atoms with van der Waals surface area (Å²) in [4.78, 5) is 60.2. The molecular formula is C20H29N5O7S. The highest BCUT2D eigenvalue weighted by Gasteiger charge is 2.30. The first-order valence-electron chi connectivity index (χ1n) is 9.95. The van der Waals surface area contributed by atoms with E-state index in [1.165, 1.54) is 36.0 Å². The van der Waals surface area contributed by atoms with Gasteiger partial charge in [0.15, 0.2) is 0 Å². The van der Waals surface area contributed by atoms with E-state index in [1.54, 1.807) is 0 Å². The van der Waals surface area contributed by atoms with Crippen LogP contribution in [-0.2, 0) is 30.4 Å². The zero-order valence-electron chi connectivity index (χ0n) is 18.1. The van der Waals surface area contributed by atoms with Gasteiger partial charge in [0.1, 0.15) is 23.9 Å². The molecule has 0 bridgehead atoms. The summed E-state index contributed by atoms with van der Waals surface area (Å²) in [7, 11) is 0. The summed E-state index contributed by atoms with van der Waals surface area (Å²) in [6, 6.07) is 1.89. The lowest BCUT2D eigenvalue weighted by Crippen LogP contribution is -2.57. The van der Waals surface area contributed by atoms with Gasteiger partial charge in [-0.3, -0.25) is 19.2 Å². The maximum Gasteiger partial charge on any atom is 0.326 e. The molecule has 0 aromatic heterocycles. The van der Waals surface area contributed by atoms with Crippen molar-refractivity contribution in [2.75, 3.05) is 18.6 Å². The zero-order chi connectivity index (χ0) is 25.0. The minimum absolute atomic E-state index is 0.00310. The Bertz CT molecular complexity index is 850. The van der Waals surface area contributed by atoms with Gasteiger partial charge in [0, 0.05) is 6.42 Å². The predicted molar refractivity (Wildman–Crippen MR) is 121 cm³/mol. The van der Waals surface area contributed by atoms with Crippen molar-refractivity contribution in [3.05, 3.63) is 29.8 Å². The summed E-state index contributed by atoms with van der Waals surface area (Å²) in [5.74, 6) is -3.96. The van der Waals surface area contributed by atoms with Gasteiger partial charge >= 0.3 is 5.97 Å². The van der Waals surface area contributed by atoms with E-state index in [-0.39, 0.29) is 25.1 Å². The fourth-order valence-electron chi connectivity index (χ4n) is 2.78. The van der Waals surface area contributed by atoms with E-state index in [1.807, 2.05) is 6.26 Å². The minimum atomic E-state index is -1.46. The Labute approximate surface area is 194 Å². The van der Waals surface area contributed by atoms with Crippen LogP contribution in [0.5, 0.6) is 5.75 Å². The van der Waals surface area contributed by atoms with Gasteiger partial charge < -0.3 is 37.6 Å². The minimum Gasteiger partial charge on any atom is -0.508 e. The van der Waals surface area contributed by atoms with Gasteiger partial charge in [0.25, 0.3) is 0 Å². The molecule has 0 saturated carbocycles. The number of phenolic OH excluding ortho intramolecular Hbond substituents is 1. The number of hydrogen-bond acceptors (Lipinski definition) is 8. The van der Waals surface area contributed by atoms with E-state index >= 15 is 0 Å². The van der Waals surface area contributed by atoms with Gasteiger partial charge in [-0.15, -0.1) is 0 Å². The molecule has 33 heavy (non-hydrogen) atoms. The quantitative estimate of drug-likeness (QED) is 0.156. The third-order valence-electron chi connectivity index (χ3n) is 4.48. The number of carboxylic acids is 1. The summed E-state index contributed by atoms with van der Waals surface area (Å²) in [6.07, 6.45) is 1.36. The summed E-state index contributed by atoms with van der Waals surface area (Å²) < 4.78 is 0. The Hall–Kier alpha value is -3.32. The van der Waals surface area contributed by atoms with Crippen LogP contribution in [0.15, 0.2) is 24.3 Å². The number of aromatic hydroxyl groups is 1. The number of primary amides is 1. The number of carboxylic acid groups (broad SMARTS) is 1. The van der Waals surface area contributed by atoms with Crippen LogP contribution in [0.4, 0.5) is 0 Å². The number of nitrogens with one attached hydrogen (secondary N) is 3. The zero-order valence-corrected chi connectivity index (χ0v) is 18.9. The molecule has 0 saturated heterocycles. The monoisotopic (exact) mass is 483 g/mol. The summed E-state index contributed by atoms with van der Waals surface area (Å²) in [6.45, 7) is -0.341. The number of hydrogen-bond donors (Lipinski definition) is 7. The molecule has 13 heteroatoms. The van der Waals surface area contributed by atoms with Crippen molar-refractivity contribution in [2.24, 2.45) is 11.5 Å². The van der Waals surface area contributed by atoms with Crippen molar-refractivity contribution in [3.8, 4) is 5.75 Å². The molecule has 0 aliphatic rings. The molecule has 0 heterocycles. The Morgan fingerprint density at radius 2 is 1.55 bits per heavy atom. The molecule has 3 unspecified atom stereocenters. The number of carbonyl (C=O) groups is 5. The summed E-state index contributed by atoms with van der Waals surface area (Å²) >= 11 is 1.43. The van der Waals surface area contributed by atoms with E-state index in [2.05, 4.69) is 16.0 Å². The van der Waals surface area contributed by atoms with Gasteiger partial charge in [-0.05, 0) is 36.1 Å². The average Bonchev–Trinajstić information content (AvgIpc) is 2.76. The summed E-state index contributed by atoms with van der Waals surface area (Å²) in [5.41, 5.74) is 11.0. The van der Waals surface area contributed by atoms with Crippen LogP contribution >= 0.6 is 11.8 Å². The lowest BCUT2D eigenvalue weighted by Gasteiger charge is -2.24. The van der Waals surface area contributed by atoms with Gasteiger partial charge in [0.05, 0.1) is 13.0 Å². The van der Waals surface area contributed by atoms with Crippen LogP contribution in [-0.4, -0.2) is 76.5 Å². The molecule has 182 valence electrons.